The molecule has 1 aliphatic carbocycles. The van der Waals surface area contributed by atoms with Crippen molar-refractivity contribution in [2.45, 2.75) is 25.0 Å². The summed E-state index contributed by atoms with van der Waals surface area (Å²) in [6.07, 6.45) is 2.34. The number of anilines is 1. The molecule has 7 nitrogen and oxygen atoms in total. The van der Waals surface area contributed by atoms with E-state index in [2.05, 4.69) is 15.0 Å². The van der Waals surface area contributed by atoms with Gasteiger partial charge in [-0.25, -0.2) is 4.98 Å². The number of halogens is 1. The number of nitrogen functional groups attached to an aromatic ring is 1. The summed E-state index contributed by atoms with van der Waals surface area (Å²) in [6, 6.07) is 0.0301. The third kappa shape index (κ3) is 2.03. The number of nitrogens with zero attached hydrogens (tertiary/aromatic N) is 4. The van der Waals surface area contributed by atoms with Gasteiger partial charge in [-0.3, -0.25) is 0 Å². The average Bonchev–Trinajstić information content (AvgIpc) is 2.92. The van der Waals surface area contributed by atoms with Crippen LogP contribution in [0.2, 0.25) is 5.28 Å². The quantitative estimate of drug-likeness (QED) is 0.687. The van der Waals surface area contributed by atoms with Gasteiger partial charge in [0.2, 0.25) is 5.28 Å². The summed E-state index contributed by atoms with van der Waals surface area (Å²) in [5, 5.41) is 19.1. The lowest BCUT2D eigenvalue weighted by Gasteiger charge is -2.12. The fourth-order valence-corrected chi connectivity index (χ4v) is 2.85. The van der Waals surface area contributed by atoms with Crippen LogP contribution in [0.5, 0.6) is 0 Å². The fraction of sp³-hybridized carbons (Fsp3) is 0.545. The minimum Gasteiger partial charge on any atom is -0.396 e. The molecule has 3 rings (SSSR count). The van der Waals surface area contributed by atoms with Crippen molar-refractivity contribution in [2.24, 2.45) is 5.92 Å². The first-order chi connectivity index (χ1) is 9.10. The zero-order valence-corrected chi connectivity index (χ0v) is 10.8. The van der Waals surface area contributed by atoms with E-state index in [4.69, 9.17) is 17.3 Å². The highest BCUT2D eigenvalue weighted by Crippen LogP contribution is 2.36. The van der Waals surface area contributed by atoms with Crippen molar-refractivity contribution in [1.29, 1.82) is 0 Å². The van der Waals surface area contributed by atoms with Gasteiger partial charge in [0.15, 0.2) is 11.5 Å². The van der Waals surface area contributed by atoms with E-state index in [1.165, 1.54) is 0 Å². The normalized spacial score (nSPS) is 27.2. The summed E-state index contributed by atoms with van der Waals surface area (Å²) in [6.45, 7) is -0.0256. The highest BCUT2D eigenvalue weighted by Gasteiger charge is 2.34. The Labute approximate surface area is 114 Å². The molecule has 1 fully saturated rings. The summed E-state index contributed by atoms with van der Waals surface area (Å²) in [5.41, 5.74) is 6.82. The number of aromatic nitrogens is 4. The number of nitrogens with two attached hydrogens (primary N) is 1. The van der Waals surface area contributed by atoms with E-state index in [1.807, 2.05) is 4.57 Å². The van der Waals surface area contributed by atoms with E-state index in [0.29, 0.717) is 24.0 Å². The molecular formula is C11H14ClN5O2. The Bertz CT molecular complexity index is 616. The predicted octanol–water partition coefficient (Wildman–Crippen LogP) is 0.366. The molecule has 1 aliphatic rings. The maximum atomic E-state index is 9.86. The van der Waals surface area contributed by atoms with Crippen LogP contribution in [-0.2, 0) is 0 Å². The van der Waals surface area contributed by atoms with E-state index in [0.717, 1.165) is 0 Å². The first-order valence-corrected chi connectivity index (χ1v) is 6.42. The molecule has 1 saturated carbocycles. The van der Waals surface area contributed by atoms with E-state index < -0.39 is 6.10 Å². The Morgan fingerprint density at radius 3 is 2.89 bits per heavy atom. The maximum Gasteiger partial charge on any atom is 0.226 e. The van der Waals surface area contributed by atoms with Crippen molar-refractivity contribution in [1.82, 2.24) is 19.5 Å². The highest BCUT2D eigenvalue weighted by molar-refractivity contribution is 6.28. The number of aliphatic hydroxyl groups excluding tert-OH is 2. The minimum atomic E-state index is -0.512. The van der Waals surface area contributed by atoms with E-state index in [1.54, 1.807) is 6.33 Å². The van der Waals surface area contributed by atoms with E-state index in [-0.39, 0.29) is 29.7 Å². The Hall–Kier alpha value is -1.44. The molecule has 2 aromatic heterocycles. The molecule has 0 spiro atoms. The highest BCUT2D eigenvalue weighted by atomic mass is 35.5. The molecule has 0 radical (unpaired) electrons. The molecule has 0 aliphatic heterocycles. The molecule has 3 atom stereocenters. The first kappa shape index (κ1) is 12.6. The van der Waals surface area contributed by atoms with Crippen molar-refractivity contribution in [3.63, 3.8) is 0 Å². The van der Waals surface area contributed by atoms with Gasteiger partial charge in [0, 0.05) is 18.6 Å². The number of hydrogen-bond donors (Lipinski definition) is 3. The molecular weight excluding hydrogens is 270 g/mol. The second-order valence-corrected chi connectivity index (χ2v) is 5.18. The Kier molecular flexibility index (Phi) is 3.04. The summed E-state index contributed by atoms with van der Waals surface area (Å²) < 4.78 is 1.85. The topological polar surface area (TPSA) is 110 Å². The smallest absolute Gasteiger partial charge is 0.226 e. The SMILES string of the molecule is Nc1nc(Cl)nc2c1ncn2[C@@H]1C[C@H](CO)[C@@H](O)C1. The van der Waals surface area contributed by atoms with Crippen LogP contribution in [0.15, 0.2) is 6.33 Å². The predicted molar refractivity (Wildman–Crippen MR) is 69.6 cm³/mol. The van der Waals surface area contributed by atoms with Crippen LogP contribution in [0.3, 0.4) is 0 Å². The lowest BCUT2D eigenvalue weighted by atomic mass is 10.1. The average molecular weight is 284 g/mol. The molecule has 0 unspecified atom stereocenters. The van der Waals surface area contributed by atoms with Gasteiger partial charge in [-0.15, -0.1) is 0 Å². The summed E-state index contributed by atoms with van der Waals surface area (Å²) in [7, 11) is 0. The molecule has 0 aromatic carbocycles. The molecule has 0 saturated heterocycles. The third-order valence-electron chi connectivity index (χ3n) is 3.68. The lowest BCUT2D eigenvalue weighted by Crippen LogP contribution is -2.16. The monoisotopic (exact) mass is 283 g/mol. The van der Waals surface area contributed by atoms with Crippen molar-refractivity contribution >= 4 is 28.6 Å². The minimum absolute atomic E-state index is 0.0256. The van der Waals surface area contributed by atoms with Crippen LogP contribution in [0.25, 0.3) is 11.2 Å². The number of aliphatic hydroxyl groups is 2. The van der Waals surface area contributed by atoms with Gasteiger partial charge in [0.1, 0.15) is 5.52 Å². The maximum absolute atomic E-state index is 9.86. The van der Waals surface area contributed by atoms with Crippen molar-refractivity contribution in [3.05, 3.63) is 11.6 Å². The van der Waals surface area contributed by atoms with Gasteiger partial charge in [-0.05, 0) is 24.4 Å². The van der Waals surface area contributed by atoms with Gasteiger partial charge in [-0.2, -0.15) is 9.97 Å². The molecule has 8 heteroatoms. The molecule has 102 valence electrons. The van der Waals surface area contributed by atoms with Gasteiger partial charge in [0.25, 0.3) is 0 Å². The number of imidazole rings is 1. The van der Waals surface area contributed by atoms with Crippen LogP contribution in [-0.4, -0.2) is 42.4 Å². The zero-order chi connectivity index (χ0) is 13.6. The van der Waals surface area contributed by atoms with Crippen LogP contribution < -0.4 is 5.73 Å². The third-order valence-corrected chi connectivity index (χ3v) is 3.85. The molecule has 0 bridgehead atoms. The van der Waals surface area contributed by atoms with Gasteiger partial charge in [0.05, 0.1) is 12.4 Å². The van der Waals surface area contributed by atoms with Crippen molar-refractivity contribution in [3.8, 4) is 0 Å². The second-order valence-electron chi connectivity index (χ2n) is 4.84. The molecule has 0 amide bonds. The van der Waals surface area contributed by atoms with Crippen molar-refractivity contribution < 1.29 is 10.2 Å². The van der Waals surface area contributed by atoms with Crippen LogP contribution in [0, 0.1) is 5.92 Å². The Morgan fingerprint density at radius 1 is 1.42 bits per heavy atom. The first-order valence-electron chi connectivity index (χ1n) is 6.04. The molecule has 2 heterocycles. The largest absolute Gasteiger partial charge is 0.396 e. The van der Waals surface area contributed by atoms with Gasteiger partial charge in [-0.1, -0.05) is 0 Å². The molecule has 4 N–H and O–H groups in total. The van der Waals surface area contributed by atoms with Gasteiger partial charge >= 0.3 is 0 Å². The van der Waals surface area contributed by atoms with E-state index >= 15 is 0 Å². The summed E-state index contributed by atoms with van der Waals surface area (Å²) in [5.74, 6) is 0.128. The van der Waals surface area contributed by atoms with Crippen LogP contribution in [0.1, 0.15) is 18.9 Å². The molecule has 19 heavy (non-hydrogen) atoms. The summed E-state index contributed by atoms with van der Waals surface area (Å²) >= 11 is 5.81. The lowest BCUT2D eigenvalue weighted by molar-refractivity contribution is 0.0906. The fourth-order valence-electron chi connectivity index (χ4n) is 2.68. The standard InChI is InChI=1S/C11H14ClN5O2/c12-11-15-9(13)8-10(16-11)17(4-14-8)6-1-5(3-18)7(19)2-6/h4-7,18-19H,1-3H2,(H2,13,15,16)/t5-,6-,7+/m1/s1. The van der Waals surface area contributed by atoms with Crippen molar-refractivity contribution in [2.75, 3.05) is 12.3 Å². The van der Waals surface area contributed by atoms with E-state index in [9.17, 15) is 10.2 Å². The molecule has 2 aromatic rings. The number of rotatable bonds is 2. The van der Waals surface area contributed by atoms with Crippen LogP contribution in [0.4, 0.5) is 5.82 Å². The number of fused-ring (bicyclic) bond motifs is 1. The second kappa shape index (κ2) is 4.59. The van der Waals surface area contributed by atoms with Crippen LogP contribution >= 0.6 is 11.6 Å². The Morgan fingerprint density at radius 2 is 2.21 bits per heavy atom. The Balaban J connectivity index is 2.02. The summed E-state index contributed by atoms with van der Waals surface area (Å²) in [4.78, 5) is 12.2. The number of hydrogen-bond acceptors (Lipinski definition) is 6. The zero-order valence-electron chi connectivity index (χ0n) is 10.1. The van der Waals surface area contributed by atoms with Gasteiger partial charge < -0.3 is 20.5 Å².